The van der Waals surface area contributed by atoms with Gasteiger partial charge in [0.25, 0.3) is 0 Å². The van der Waals surface area contributed by atoms with Gasteiger partial charge in [-0.05, 0) is 29.8 Å². The lowest BCUT2D eigenvalue weighted by Crippen LogP contribution is -2.09. The smallest absolute Gasteiger partial charge is 0.232 e. The van der Waals surface area contributed by atoms with Gasteiger partial charge in [-0.1, -0.05) is 24.3 Å². The molecule has 3 N–H and O–H groups in total. The SMILES string of the molecule is COc1ccc(-c2c(-c3cccc(NS(C)(=O)=O)c3)oc3ncnc(N)c23)cc1. The fraction of sp³-hybridized carbons (Fsp3) is 0.100. The van der Waals surface area contributed by atoms with E-state index in [1.165, 1.54) is 6.33 Å². The number of fused-ring (bicyclic) bond motifs is 1. The molecule has 0 saturated heterocycles. The highest BCUT2D eigenvalue weighted by Crippen LogP contribution is 2.42. The van der Waals surface area contributed by atoms with Gasteiger partial charge in [0.2, 0.25) is 15.7 Å². The fourth-order valence-electron chi connectivity index (χ4n) is 3.13. The molecule has 8 nitrogen and oxygen atoms in total. The highest BCUT2D eigenvalue weighted by molar-refractivity contribution is 7.92. The van der Waals surface area contributed by atoms with E-state index in [1.54, 1.807) is 25.3 Å². The molecule has 2 aromatic heterocycles. The molecule has 0 bridgehead atoms. The molecule has 29 heavy (non-hydrogen) atoms. The number of benzene rings is 2. The second kappa shape index (κ2) is 7.10. The van der Waals surface area contributed by atoms with Crippen LogP contribution in [0.1, 0.15) is 0 Å². The van der Waals surface area contributed by atoms with Crippen LogP contribution in [0.25, 0.3) is 33.6 Å². The van der Waals surface area contributed by atoms with Gasteiger partial charge >= 0.3 is 0 Å². The molecule has 0 spiro atoms. The van der Waals surface area contributed by atoms with Crippen LogP contribution in [0.2, 0.25) is 0 Å². The molecule has 0 unspecified atom stereocenters. The second-order valence-corrected chi connectivity index (χ2v) is 8.18. The minimum Gasteiger partial charge on any atom is -0.497 e. The maximum absolute atomic E-state index is 11.6. The first-order valence-electron chi connectivity index (χ1n) is 8.61. The molecule has 0 aliphatic rings. The number of sulfonamides is 1. The van der Waals surface area contributed by atoms with Crippen LogP contribution in [0.15, 0.2) is 59.3 Å². The van der Waals surface area contributed by atoms with Crippen LogP contribution < -0.4 is 15.2 Å². The molecule has 4 aromatic rings. The van der Waals surface area contributed by atoms with Crippen LogP contribution in [0, 0.1) is 0 Å². The number of aromatic nitrogens is 2. The Morgan fingerprint density at radius 1 is 1.07 bits per heavy atom. The van der Waals surface area contributed by atoms with E-state index in [-0.39, 0.29) is 0 Å². The van der Waals surface area contributed by atoms with Crippen molar-refractivity contribution in [1.82, 2.24) is 9.97 Å². The first-order chi connectivity index (χ1) is 13.9. The van der Waals surface area contributed by atoms with E-state index in [0.29, 0.717) is 39.7 Å². The van der Waals surface area contributed by atoms with E-state index in [2.05, 4.69) is 14.7 Å². The number of hydrogen-bond acceptors (Lipinski definition) is 7. The zero-order valence-corrected chi connectivity index (χ0v) is 16.5. The van der Waals surface area contributed by atoms with Gasteiger partial charge in [0.05, 0.1) is 18.8 Å². The number of nitrogens with zero attached hydrogens (tertiary/aromatic N) is 2. The minimum absolute atomic E-state index is 0.293. The van der Waals surface area contributed by atoms with E-state index in [4.69, 9.17) is 14.9 Å². The third-order valence-corrected chi connectivity index (χ3v) is 4.93. The largest absolute Gasteiger partial charge is 0.497 e. The van der Waals surface area contributed by atoms with Gasteiger partial charge in [-0.25, -0.2) is 18.4 Å². The predicted molar refractivity (Wildman–Crippen MR) is 112 cm³/mol. The van der Waals surface area contributed by atoms with E-state index >= 15 is 0 Å². The lowest BCUT2D eigenvalue weighted by molar-refractivity contribution is 0.415. The van der Waals surface area contributed by atoms with Crippen LogP contribution in [0.5, 0.6) is 5.75 Å². The number of ether oxygens (including phenoxy) is 1. The van der Waals surface area contributed by atoms with Crippen molar-refractivity contribution in [2.24, 2.45) is 0 Å². The van der Waals surface area contributed by atoms with Crippen LogP contribution >= 0.6 is 0 Å². The Labute approximate surface area is 167 Å². The molecule has 0 saturated carbocycles. The minimum atomic E-state index is -3.41. The summed E-state index contributed by atoms with van der Waals surface area (Å²) in [6.07, 6.45) is 2.43. The molecule has 148 valence electrons. The van der Waals surface area contributed by atoms with Gasteiger partial charge in [0.1, 0.15) is 23.7 Å². The van der Waals surface area contributed by atoms with Gasteiger partial charge in [-0.3, -0.25) is 4.72 Å². The summed E-state index contributed by atoms with van der Waals surface area (Å²) in [5.74, 6) is 1.52. The number of nitrogen functional groups attached to an aromatic ring is 1. The monoisotopic (exact) mass is 410 g/mol. The summed E-state index contributed by atoms with van der Waals surface area (Å²) in [6.45, 7) is 0. The summed E-state index contributed by atoms with van der Waals surface area (Å²) in [6, 6.07) is 14.4. The average molecular weight is 410 g/mol. The highest BCUT2D eigenvalue weighted by Gasteiger charge is 2.21. The number of nitrogens with two attached hydrogens (primary N) is 1. The molecular formula is C20H18N4O4S. The number of nitrogens with one attached hydrogen (secondary N) is 1. The van der Waals surface area contributed by atoms with E-state index in [0.717, 1.165) is 17.4 Å². The lowest BCUT2D eigenvalue weighted by Gasteiger charge is -2.08. The molecule has 0 amide bonds. The van der Waals surface area contributed by atoms with Crippen molar-refractivity contribution in [3.63, 3.8) is 0 Å². The normalized spacial score (nSPS) is 11.5. The van der Waals surface area contributed by atoms with Crippen molar-refractivity contribution < 1.29 is 17.6 Å². The number of anilines is 2. The standard InChI is InChI=1S/C20H18N4O4S/c1-27-15-8-6-12(7-9-15)16-17-19(21)22-11-23-20(17)28-18(16)13-4-3-5-14(10-13)24-29(2,25)26/h3-11,24H,1-2H3,(H2,21,22,23). The van der Waals surface area contributed by atoms with Crippen LogP contribution in [0.4, 0.5) is 11.5 Å². The lowest BCUT2D eigenvalue weighted by atomic mass is 9.99. The van der Waals surface area contributed by atoms with E-state index < -0.39 is 10.0 Å². The van der Waals surface area contributed by atoms with Gasteiger partial charge in [0.15, 0.2) is 0 Å². The Morgan fingerprint density at radius 3 is 2.52 bits per heavy atom. The Hall–Kier alpha value is -3.59. The third-order valence-electron chi connectivity index (χ3n) is 4.32. The molecule has 9 heteroatoms. The summed E-state index contributed by atoms with van der Waals surface area (Å²) < 4.78 is 36.9. The molecule has 0 fully saturated rings. The zero-order valence-electron chi connectivity index (χ0n) is 15.7. The van der Waals surface area contributed by atoms with Crippen molar-refractivity contribution in [2.45, 2.75) is 0 Å². The highest BCUT2D eigenvalue weighted by atomic mass is 32.2. The summed E-state index contributed by atoms with van der Waals surface area (Å²) in [5, 5.41) is 0.592. The number of furan rings is 1. The van der Waals surface area contributed by atoms with Crippen LogP contribution in [-0.4, -0.2) is 31.8 Å². The van der Waals surface area contributed by atoms with Crippen LogP contribution in [-0.2, 0) is 10.0 Å². The van der Waals surface area contributed by atoms with Crippen molar-refractivity contribution in [2.75, 3.05) is 23.8 Å². The average Bonchev–Trinajstić information content (AvgIpc) is 3.08. The molecule has 0 aliphatic carbocycles. The third kappa shape index (κ3) is 3.72. The molecule has 0 radical (unpaired) electrons. The Kier molecular flexibility index (Phi) is 4.59. The number of hydrogen-bond donors (Lipinski definition) is 2. The van der Waals surface area contributed by atoms with Crippen molar-refractivity contribution in [3.05, 3.63) is 54.9 Å². The van der Waals surface area contributed by atoms with Crippen molar-refractivity contribution in [3.8, 4) is 28.2 Å². The molecule has 2 aromatic carbocycles. The summed E-state index contributed by atoms with van der Waals surface area (Å²) in [5.41, 5.74) is 9.12. The van der Waals surface area contributed by atoms with Gasteiger partial charge < -0.3 is 14.9 Å². The summed E-state index contributed by atoms with van der Waals surface area (Å²) in [4.78, 5) is 8.29. The van der Waals surface area contributed by atoms with Crippen molar-refractivity contribution in [1.29, 1.82) is 0 Å². The van der Waals surface area contributed by atoms with Gasteiger partial charge in [0, 0.05) is 16.8 Å². The molecule has 0 aliphatic heterocycles. The van der Waals surface area contributed by atoms with Gasteiger partial charge in [-0.15, -0.1) is 0 Å². The molecule has 0 atom stereocenters. The number of rotatable bonds is 5. The maximum atomic E-state index is 11.6. The van der Waals surface area contributed by atoms with E-state index in [1.807, 2.05) is 30.3 Å². The predicted octanol–water partition coefficient (Wildman–Crippen LogP) is 3.52. The fourth-order valence-corrected chi connectivity index (χ4v) is 3.69. The maximum Gasteiger partial charge on any atom is 0.232 e. The molecular weight excluding hydrogens is 392 g/mol. The topological polar surface area (TPSA) is 120 Å². The molecule has 4 rings (SSSR count). The Bertz CT molecular complexity index is 1300. The van der Waals surface area contributed by atoms with Gasteiger partial charge in [-0.2, -0.15) is 0 Å². The quantitative estimate of drug-likeness (QED) is 0.516. The zero-order chi connectivity index (χ0) is 20.6. The first kappa shape index (κ1) is 18.8. The first-order valence-corrected chi connectivity index (χ1v) is 10.5. The second-order valence-electron chi connectivity index (χ2n) is 6.43. The summed E-state index contributed by atoms with van der Waals surface area (Å²) >= 11 is 0. The Morgan fingerprint density at radius 2 is 1.83 bits per heavy atom. The number of methoxy groups -OCH3 is 1. The van der Waals surface area contributed by atoms with Crippen molar-refractivity contribution >= 4 is 32.6 Å². The Balaban J connectivity index is 1.95. The van der Waals surface area contributed by atoms with E-state index in [9.17, 15) is 8.42 Å². The molecule has 2 heterocycles. The van der Waals surface area contributed by atoms with Crippen LogP contribution in [0.3, 0.4) is 0 Å². The summed E-state index contributed by atoms with van der Waals surface area (Å²) in [7, 11) is -1.82.